The maximum absolute atomic E-state index is 12.7. The van der Waals surface area contributed by atoms with E-state index in [1.165, 1.54) is 0 Å². The second kappa shape index (κ2) is 3.24. The number of aromatic hydroxyl groups is 1. The Labute approximate surface area is 74.9 Å². The molecule has 0 atom stereocenters. The first-order valence-corrected chi connectivity index (χ1v) is 3.30. The average Bonchev–Trinajstić information content (AvgIpc) is 2.06. The van der Waals surface area contributed by atoms with Crippen molar-refractivity contribution in [1.82, 2.24) is 0 Å². The van der Waals surface area contributed by atoms with Gasteiger partial charge in [0.05, 0.1) is 0 Å². The predicted octanol–water partition coefficient (Wildman–Crippen LogP) is 2.95. The fourth-order valence-electron chi connectivity index (χ4n) is 0.918. The molecule has 14 heavy (non-hydrogen) atoms. The molecule has 0 unspecified atom stereocenters. The molecule has 1 aromatic rings. The Hall–Kier alpha value is -1.66. The number of phenols is 1. The van der Waals surface area contributed by atoms with Gasteiger partial charge in [0, 0.05) is 0 Å². The van der Waals surface area contributed by atoms with E-state index in [4.69, 9.17) is 5.11 Å². The second-order valence-corrected chi connectivity index (χ2v) is 2.38. The number of phenolic OH excluding ortho intramolecular Hbond substituents is 1. The van der Waals surface area contributed by atoms with Crippen molar-refractivity contribution in [3.63, 3.8) is 0 Å². The number of benzene rings is 1. The monoisotopic (exact) mass is 209 g/mol. The van der Waals surface area contributed by atoms with Crippen molar-refractivity contribution in [2.24, 2.45) is 5.18 Å². The highest BCUT2D eigenvalue weighted by molar-refractivity contribution is 5.58. The molecule has 1 rings (SSSR count). The van der Waals surface area contributed by atoms with Gasteiger partial charge in [0.15, 0.2) is 5.69 Å². The van der Waals surface area contributed by atoms with Crippen LogP contribution in [-0.2, 0) is 6.18 Å². The van der Waals surface area contributed by atoms with Gasteiger partial charge < -0.3 is 5.11 Å². The molecular weight excluding hydrogens is 206 g/mol. The van der Waals surface area contributed by atoms with Gasteiger partial charge >= 0.3 is 6.18 Å². The molecule has 0 saturated carbocycles. The molecule has 1 N–H and O–H groups in total. The van der Waals surface area contributed by atoms with E-state index in [-0.39, 0.29) is 0 Å². The number of rotatable bonds is 1. The van der Waals surface area contributed by atoms with E-state index < -0.39 is 29.0 Å². The van der Waals surface area contributed by atoms with Gasteiger partial charge in [-0.3, -0.25) is 0 Å². The van der Waals surface area contributed by atoms with Crippen molar-refractivity contribution < 1.29 is 22.7 Å². The predicted molar refractivity (Wildman–Crippen MR) is 38.5 cm³/mol. The summed E-state index contributed by atoms with van der Waals surface area (Å²) in [6.45, 7) is 0. The standard InChI is InChI=1S/C7H3F4NO2/c8-3-1-2-4(13)6(12-14)5(3)7(9,10)11/h1-2,13H. The number of halogens is 4. The Balaban J connectivity index is 3.53. The van der Waals surface area contributed by atoms with Crippen molar-refractivity contribution in [1.29, 1.82) is 0 Å². The lowest BCUT2D eigenvalue weighted by molar-refractivity contribution is -0.139. The molecule has 0 heterocycles. The number of nitroso groups, excluding NO2 is 1. The molecule has 0 amide bonds. The molecule has 1 aromatic carbocycles. The Bertz CT molecular complexity index is 375. The summed E-state index contributed by atoms with van der Waals surface area (Å²) in [5.41, 5.74) is -3.19. The summed E-state index contributed by atoms with van der Waals surface area (Å²) in [5, 5.41) is 10.8. The molecule has 76 valence electrons. The topological polar surface area (TPSA) is 49.7 Å². The third kappa shape index (κ3) is 1.66. The number of hydrogen-bond donors (Lipinski definition) is 1. The molecule has 0 saturated heterocycles. The number of hydrogen-bond acceptors (Lipinski definition) is 3. The van der Waals surface area contributed by atoms with E-state index in [0.29, 0.717) is 12.1 Å². The Morgan fingerprint density at radius 3 is 2.21 bits per heavy atom. The zero-order valence-corrected chi connectivity index (χ0v) is 6.47. The highest BCUT2D eigenvalue weighted by Crippen LogP contribution is 2.42. The molecule has 0 aromatic heterocycles. The molecule has 0 aliphatic carbocycles. The molecule has 0 spiro atoms. The van der Waals surface area contributed by atoms with E-state index in [9.17, 15) is 22.5 Å². The third-order valence-corrected chi connectivity index (χ3v) is 1.48. The van der Waals surface area contributed by atoms with Gasteiger partial charge in [-0.25, -0.2) is 4.39 Å². The molecule has 0 aliphatic heterocycles. The number of alkyl halides is 3. The van der Waals surface area contributed by atoms with Gasteiger partial charge in [0.25, 0.3) is 0 Å². The summed E-state index contributed by atoms with van der Waals surface area (Å²) in [6, 6.07) is 1.04. The highest BCUT2D eigenvalue weighted by Gasteiger charge is 2.39. The third-order valence-electron chi connectivity index (χ3n) is 1.48. The lowest BCUT2D eigenvalue weighted by atomic mass is 10.1. The van der Waals surface area contributed by atoms with Gasteiger partial charge in [0.2, 0.25) is 0 Å². The van der Waals surface area contributed by atoms with Crippen LogP contribution in [0.25, 0.3) is 0 Å². The summed E-state index contributed by atoms with van der Waals surface area (Å²) in [7, 11) is 0. The van der Waals surface area contributed by atoms with Crippen LogP contribution in [0, 0.1) is 10.7 Å². The van der Waals surface area contributed by atoms with Crippen molar-refractivity contribution in [2.45, 2.75) is 6.18 Å². The zero-order chi connectivity index (χ0) is 10.9. The number of nitrogens with zero attached hydrogens (tertiary/aromatic N) is 1. The summed E-state index contributed by atoms with van der Waals surface area (Å²) in [6.07, 6.45) is -5.06. The van der Waals surface area contributed by atoms with Gasteiger partial charge in [-0.15, -0.1) is 4.91 Å². The summed E-state index contributed by atoms with van der Waals surface area (Å²) < 4.78 is 49.1. The largest absolute Gasteiger partial charge is 0.506 e. The van der Waals surface area contributed by atoms with Gasteiger partial charge in [-0.1, -0.05) is 0 Å². The van der Waals surface area contributed by atoms with Crippen molar-refractivity contribution in [2.75, 3.05) is 0 Å². The molecule has 7 heteroatoms. The fraction of sp³-hybridized carbons (Fsp3) is 0.143. The summed E-state index contributed by atoms with van der Waals surface area (Å²) in [5.74, 6) is -2.65. The minimum Gasteiger partial charge on any atom is -0.506 e. The Kier molecular flexibility index (Phi) is 2.41. The van der Waals surface area contributed by atoms with Crippen molar-refractivity contribution in [3.8, 4) is 5.75 Å². The fourth-order valence-corrected chi connectivity index (χ4v) is 0.918. The molecule has 0 bridgehead atoms. The van der Waals surface area contributed by atoms with Crippen LogP contribution >= 0.6 is 0 Å². The lowest BCUT2D eigenvalue weighted by Crippen LogP contribution is -2.08. The minimum absolute atomic E-state index is 0.410. The van der Waals surface area contributed by atoms with Crippen LogP contribution in [0.15, 0.2) is 17.3 Å². The van der Waals surface area contributed by atoms with Crippen LogP contribution in [0.4, 0.5) is 23.2 Å². The minimum atomic E-state index is -5.06. The Morgan fingerprint density at radius 1 is 1.29 bits per heavy atom. The van der Waals surface area contributed by atoms with E-state index in [1.807, 2.05) is 5.18 Å². The van der Waals surface area contributed by atoms with Crippen LogP contribution in [0.2, 0.25) is 0 Å². The van der Waals surface area contributed by atoms with Crippen LogP contribution < -0.4 is 0 Å². The molecule has 0 fully saturated rings. The van der Waals surface area contributed by atoms with Gasteiger partial charge in [0.1, 0.15) is 17.1 Å². The van der Waals surface area contributed by atoms with Crippen LogP contribution in [0.5, 0.6) is 5.75 Å². The van der Waals surface area contributed by atoms with Gasteiger partial charge in [-0.2, -0.15) is 13.2 Å². The van der Waals surface area contributed by atoms with Crippen LogP contribution in [0.1, 0.15) is 5.56 Å². The molecular formula is C7H3F4NO2. The second-order valence-electron chi connectivity index (χ2n) is 2.38. The zero-order valence-electron chi connectivity index (χ0n) is 6.47. The van der Waals surface area contributed by atoms with Gasteiger partial charge in [-0.05, 0) is 17.3 Å². The van der Waals surface area contributed by atoms with E-state index in [1.54, 1.807) is 0 Å². The maximum Gasteiger partial charge on any atom is 0.421 e. The van der Waals surface area contributed by atoms with E-state index >= 15 is 0 Å². The highest BCUT2D eigenvalue weighted by atomic mass is 19.4. The quantitative estimate of drug-likeness (QED) is 0.570. The SMILES string of the molecule is O=Nc1c(O)ccc(F)c1C(F)(F)F. The first kappa shape index (κ1) is 10.4. The first-order chi connectivity index (χ1) is 6.38. The Morgan fingerprint density at radius 2 is 1.86 bits per heavy atom. The van der Waals surface area contributed by atoms with E-state index in [2.05, 4.69) is 0 Å². The molecule has 0 radical (unpaired) electrons. The lowest BCUT2D eigenvalue weighted by Gasteiger charge is -2.09. The summed E-state index contributed by atoms with van der Waals surface area (Å²) in [4.78, 5) is 9.97. The van der Waals surface area contributed by atoms with Crippen molar-refractivity contribution >= 4 is 5.69 Å². The van der Waals surface area contributed by atoms with Crippen molar-refractivity contribution in [3.05, 3.63) is 28.4 Å². The average molecular weight is 209 g/mol. The van der Waals surface area contributed by atoms with E-state index in [0.717, 1.165) is 0 Å². The van der Waals surface area contributed by atoms with Crippen LogP contribution in [0.3, 0.4) is 0 Å². The normalized spacial score (nSPS) is 11.4. The first-order valence-electron chi connectivity index (χ1n) is 3.30. The molecule has 0 aliphatic rings. The summed E-state index contributed by atoms with van der Waals surface area (Å²) >= 11 is 0. The smallest absolute Gasteiger partial charge is 0.421 e. The maximum atomic E-state index is 12.7. The van der Waals surface area contributed by atoms with Crippen LogP contribution in [-0.4, -0.2) is 5.11 Å². The molecule has 3 nitrogen and oxygen atoms in total.